The Morgan fingerprint density at radius 1 is 1.33 bits per heavy atom. The molecule has 1 atom stereocenters. The number of hydrogen-bond acceptors (Lipinski definition) is 3. The number of ether oxygens (including phenoxy) is 1. The van der Waals surface area contributed by atoms with E-state index in [0.717, 1.165) is 44.7 Å². The van der Waals surface area contributed by atoms with Crippen molar-refractivity contribution in [3.05, 3.63) is 0 Å². The second-order valence-corrected chi connectivity index (χ2v) is 6.90. The van der Waals surface area contributed by atoms with Gasteiger partial charge in [-0.05, 0) is 30.6 Å². The summed E-state index contributed by atoms with van der Waals surface area (Å²) >= 11 is 2.00. The molecule has 3 fully saturated rings. The summed E-state index contributed by atoms with van der Waals surface area (Å²) in [5.74, 6) is 3.89. The monoisotopic (exact) mass is 269 g/mol. The van der Waals surface area contributed by atoms with Crippen molar-refractivity contribution in [3.63, 3.8) is 0 Å². The van der Waals surface area contributed by atoms with Gasteiger partial charge in [0.25, 0.3) is 0 Å². The third kappa shape index (κ3) is 2.62. The maximum absolute atomic E-state index is 6.08. The standard InChI is InChI=1S/C13H23N3OS/c14-12(16-3-7-18-8-4-16)15-10-11-9-13(11)1-5-17-6-2-13/h11H,1-10H2,(H2,14,15). The lowest BCUT2D eigenvalue weighted by atomic mass is 9.94. The van der Waals surface area contributed by atoms with E-state index in [1.54, 1.807) is 0 Å². The molecule has 0 aromatic heterocycles. The molecule has 102 valence electrons. The second-order valence-electron chi connectivity index (χ2n) is 5.67. The summed E-state index contributed by atoms with van der Waals surface area (Å²) in [4.78, 5) is 6.86. The van der Waals surface area contributed by atoms with Gasteiger partial charge >= 0.3 is 0 Å². The minimum absolute atomic E-state index is 0.569. The van der Waals surface area contributed by atoms with E-state index in [2.05, 4.69) is 9.89 Å². The highest BCUT2D eigenvalue weighted by Gasteiger charge is 2.53. The van der Waals surface area contributed by atoms with Crippen molar-refractivity contribution in [1.82, 2.24) is 4.90 Å². The van der Waals surface area contributed by atoms with Crippen LogP contribution in [0.15, 0.2) is 4.99 Å². The van der Waals surface area contributed by atoms with Crippen LogP contribution in [0.25, 0.3) is 0 Å². The maximum Gasteiger partial charge on any atom is 0.191 e. The third-order valence-corrected chi connectivity index (χ3v) is 5.60. The summed E-state index contributed by atoms with van der Waals surface area (Å²) in [6.45, 7) is 4.93. The van der Waals surface area contributed by atoms with Crippen LogP contribution in [0.3, 0.4) is 0 Å². The van der Waals surface area contributed by atoms with Crippen molar-refractivity contribution < 1.29 is 4.74 Å². The lowest BCUT2D eigenvalue weighted by molar-refractivity contribution is 0.0525. The summed E-state index contributed by atoms with van der Waals surface area (Å²) in [6, 6.07) is 0. The molecule has 3 aliphatic rings. The van der Waals surface area contributed by atoms with Gasteiger partial charge < -0.3 is 15.4 Å². The molecule has 0 aromatic carbocycles. The molecule has 2 heterocycles. The van der Waals surface area contributed by atoms with E-state index in [1.165, 1.54) is 30.8 Å². The van der Waals surface area contributed by atoms with Crippen molar-refractivity contribution in [3.8, 4) is 0 Å². The Bertz CT molecular complexity index is 322. The first kappa shape index (κ1) is 12.6. The molecule has 2 aliphatic heterocycles. The van der Waals surface area contributed by atoms with Gasteiger partial charge in [-0.3, -0.25) is 4.99 Å². The number of nitrogens with two attached hydrogens (primary N) is 1. The molecule has 18 heavy (non-hydrogen) atoms. The molecule has 5 heteroatoms. The number of hydrogen-bond donors (Lipinski definition) is 1. The van der Waals surface area contributed by atoms with Gasteiger partial charge in [0.1, 0.15) is 0 Å². The fraction of sp³-hybridized carbons (Fsp3) is 0.923. The van der Waals surface area contributed by atoms with E-state index in [-0.39, 0.29) is 0 Å². The zero-order valence-electron chi connectivity index (χ0n) is 10.9. The first-order chi connectivity index (χ1) is 8.80. The Morgan fingerprint density at radius 3 is 2.78 bits per heavy atom. The smallest absolute Gasteiger partial charge is 0.191 e. The van der Waals surface area contributed by atoms with Crippen LogP contribution in [0.2, 0.25) is 0 Å². The third-order valence-electron chi connectivity index (χ3n) is 4.66. The van der Waals surface area contributed by atoms with Gasteiger partial charge in [-0.2, -0.15) is 11.8 Å². The van der Waals surface area contributed by atoms with Crippen LogP contribution in [0.4, 0.5) is 0 Å². The predicted octanol–water partition coefficient (Wildman–Crippen LogP) is 1.17. The normalized spacial score (nSPS) is 31.7. The molecule has 0 radical (unpaired) electrons. The van der Waals surface area contributed by atoms with Crippen LogP contribution >= 0.6 is 11.8 Å². The number of aliphatic imine (C=N–C) groups is 1. The second kappa shape index (κ2) is 5.29. The topological polar surface area (TPSA) is 50.9 Å². The molecular formula is C13H23N3OS. The summed E-state index contributed by atoms with van der Waals surface area (Å²) in [6.07, 6.45) is 3.80. The Balaban J connectivity index is 1.48. The fourth-order valence-electron chi connectivity index (χ4n) is 3.18. The Hall–Kier alpha value is -0.420. The molecule has 1 saturated carbocycles. The summed E-state index contributed by atoms with van der Waals surface area (Å²) in [7, 11) is 0. The number of rotatable bonds is 2. The van der Waals surface area contributed by atoms with E-state index < -0.39 is 0 Å². The number of thioether (sulfide) groups is 1. The van der Waals surface area contributed by atoms with Gasteiger partial charge in [0.05, 0.1) is 0 Å². The molecule has 1 unspecified atom stereocenters. The van der Waals surface area contributed by atoms with Crippen molar-refractivity contribution in [2.45, 2.75) is 19.3 Å². The van der Waals surface area contributed by atoms with Crippen LogP contribution in [0.5, 0.6) is 0 Å². The van der Waals surface area contributed by atoms with Gasteiger partial charge in [-0.1, -0.05) is 0 Å². The first-order valence-corrected chi connectivity index (χ1v) is 8.16. The van der Waals surface area contributed by atoms with Crippen LogP contribution in [0.1, 0.15) is 19.3 Å². The molecule has 0 amide bonds. The van der Waals surface area contributed by atoms with Gasteiger partial charge in [0.15, 0.2) is 5.96 Å². The quantitative estimate of drug-likeness (QED) is 0.604. The Morgan fingerprint density at radius 2 is 2.06 bits per heavy atom. The maximum atomic E-state index is 6.08. The molecule has 2 N–H and O–H groups in total. The van der Waals surface area contributed by atoms with Crippen LogP contribution in [-0.2, 0) is 4.74 Å². The minimum atomic E-state index is 0.569. The van der Waals surface area contributed by atoms with Crippen molar-refractivity contribution in [2.75, 3.05) is 44.4 Å². The Kier molecular flexibility index (Phi) is 3.71. The van der Waals surface area contributed by atoms with E-state index >= 15 is 0 Å². The molecule has 0 bridgehead atoms. The summed E-state index contributed by atoms with van der Waals surface area (Å²) in [5, 5.41) is 0. The molecule has 0 aromatic rings. The number of guanidine groups is 1. The molecular weight excluding hydrogens is 246 g/mol. The van der Waals surface area contributed by atoms with Crippen LogP contribution in [-0.4, -0.2) is 55.2 Å². The van der Waals surface area contributed by atoms with E-state index in [0.29, 0.717) is 5.41 Å². The largest absolute Gasteiger partial charge is 0.381 e. The van der Waals surface area contributed by atoms with Gasteiger partial charge in [0, 0.05) is 44.4 Å². The Labute approximate surface area is 113 Å². The molecule has 1 spiro atoms. The molecule has 3 rings (SSSR count). The zero-order chi connectivity index (χ0) is 12.4. The lowest BCUT2D eigenvalue weighted by Gasteiger charge is -2.27. The minimum Gasteiger partial charge on any atom is -0.381 e. The first-order valence-electron chi connectivity index (χ1n) is 7.01. The van der Waals surface area contributed by atoms with Crippen LogP contribution in [0, 0.1) is 11.3 Å². The van der Waals surface area contributed by atoms with Gasteiger partial charge in [-0.25, -0.2) is 0 Å². The highest BCUT2D eigenvalue weighted by atomic mass is 32.2. The zero-order valence-corrected chi connectivity index (χ0v) is 11.8. The average Bonchev–Trinajstić information content (AvgIpc) is 3.10. The highest BCUT2D eigenvalue weighted by Crippen LogP contribution is 2.59. The molecule has 1 aliphatic carbocycles. The highest BCUT2D eigenvalue weighted by molar-refractivity contribution is 7.99. The van der Waals surface area contributed by atoms with E-state index in [4.69, 9.17) is 10.5 Å². The van der Waals surface area contributed by atoms with Crippen molar-refractivity contribution >= 4 is 17.7 Å². The SMILES string of the molecule is NC(=NCC1CC12CCOCC2)N1CCSCC1. The average molecular weight is 269 g/mol. The number of nitrogens with zero attached hydrogens (tertiary/aromatic N) is 2. The lowest BCUT2D eigenvalue weighted by Crippen LogP contribution is -2.42. The van der Waals surface area contributed by atoms with Gasteiger partial charge in [0.2, 0.25) is 0 Å². The predicted molar refractivity (Wildman–Crippen MR) is 76.0 cm³/mol. The molecule has 2 saturated heterocycles. The van der Waals surface area contributed by atoms with E-state index in [9.17, 15) is 0 Å². The van der Waals surface area contributed by atoms with Crippen LogP contribution < -0.4 is 5.73 Å². The van der Waals surface area contributed by atoms with Crippen molar-refractivity contribution in [1.29, 1.82) is 0 Å². The summed E-state index contributed by atoms with van der Waals surface area (Å²) in [5.41, 5.74) is 6.65. The van der Waals surface area contributed by atoms with Gasteiger partial charge in [-0.15, -0.1) is 0 Å². The summed E-state index contributed by atoms with van der Waals surface area (Å²) < 4.78 is 5.44. The fourth-order valence-corrected chi connectivity index (χ4v) is 4.08. The van der Waals surface area contributed by atoms with E-state index in [1.807, 2.05) is 11.8 Å². The molecule has 4 nitrogen and oxygen atoms in total. The van der Waals surface area contributed by atoms with Crippen molar-refractivity contribution in [2.24, 2.45) is 22.1 Å².